The molecule has 1 aliphatic carbocycles. The lowest BCUT2D eigenvalue weighted by Crippen LogP contribution is -2.15. The predicted octanol–water partition coefficient (Wildman–Crippen LogP) is 6.57. The van der Waals surface area contributed by atoms with Crippen molar-refractivity contribution in [2.45, 2.75) is 19.3 Å². The molecular weight excluding hydrogens is 443 g/mol. The Hall–Kier alpha value is -4.19. The van der Waals surface area contributed by atoms with Crippen molar-refractivity contribution in [3.05, 3.63) is 101 Å². The molecule has 176 valence electrons. The fourth-order valence-corrected chi connectivity index (χ4v) is 4.67. The van der Waals surface area contributed by atoms with Gasteiger partial charge >= 0.3 is 5.97 Å². The average molecular weight is 469 g/mol. The fourth-order valence-electron chi connectivity index (χ4n) is 4.67. The number of ether oxygens (including phenoxy) is 1. The van der Waals surface area contributed by atoms with Crippen molar-refractivity contribution >= 4 is 34.1 Å². The second kappa shape index (κ2) is 9.58. The summed E-state index contributed by atoms with van der Waals surface area (Å²) in [5.74, 6) is -0.491. The van der Waals surface area contributed by atoms with Crippen molar-refractivity contribution in [2.24, 2.45) is 5.92 Å². The Morgan fingerprint density at radius 3 is 2.57 bits per heavy atom. The van der Waals surface area contributed by atoms with Gasteiger partial charge in [0.1, 0.15) is 5.75 Å². The van der Waals surface area contributed by atoms with Gasteiger partial charge in [0.15, 0.2) is 0 Å². The molecule has 0 bridgehead atoms. The van der Waals surface area contributed by atoms with Crippen molar-refractivity contribution < 1.29 is 19.0 Å². The first-order valence-corrected chi connectivity index (χ1v) is 11.6. The average Bonchev–Trinajstić information content (AvgIpc) is 3.22. The number of methoxy groups -OCH3 is 1. The Labute approximate surface area is 202 Å². The van der Waals surface area contributed by atoms with Gasteiger partial charge in [-0.15, -0.1) is 0 Å². The molecule has 4 aromatic rings. The molecule has 5 rings (SSSR count). The molecule has 1 heterocycles. The summed E-state index contributed by atoms with van der Waals surface area (Å²) in [6, 6.07) is 21.6. The lowest BCUT2D eigenvalue weighted by molar-refractivity contribution is -0.131. The highest BCUT2D eigenvalue weighted by Gasteiger charge is 2.28. The highest BCUT2D eigenvalue weighted by molar-refractivity contribution is 6.02. The number of aromatic nitrogens is 2. The van der Waals surface area contributed by atoms with Crippen molar-refractivity contribution in [1.29, 1.82) is 0 Å². The molecule has 5 nitrogen and oxygen atoms in total. The largest absolute Gasteiger partial charge is 0.496 e. The Kier molecular flexibility index (Phi) is 6.19. The van der Waals surface area contributed by atoms with Crippen LogP contribution in [0.3, 0.4) is 0 Å². The number of halogens is 1. The van der Waals surface area contributed by atoms with Gasteiger partial charge in [0, 0.05) is 11.6 Å². The Bertz CT molecular complexity index is 1450. The first-order valence-electron chi connectivity index (χ1n) is 11.6. The summed E-state index contributed by atoms with van der Waals surface area (Å²) in [5.41, 5.74) is 6.33. The SMILES string of the molecule is COc1cc(/C=C/C(=O)O)ccc1/C(=C(\c1ccccc1)C1CCC1)c1ccc2n[nH]c(F)c2c1. The molecule has 6 heteroatoms. The topological polar surface area (TPSA) is 75.2 Å². The number of carboxylic acid groups (broad SMARTS) is 1. The second-order valence-corrected chi connectivity index (χ2v) is 8.68. The molecular formula is C29H25FN2O3. The highest BCUT2D eigenvalue weighted by atomic mass is 19.1. The number of aromatic amines is 1. The normalized spacial score (nSPS) is 14.7. The van der Waals surface area contributed by atoms with Gasteiger partial charge in [0.25, 0.3) is 0 Å². The maximum absolute atomic E-state index is 14.5. The van der Waals surface area contributed by atoms with Crippen LogP contribution in [0.4, 0.5) is 4.39 Å². The summed E-state index contributed by atoms with van der Waals surface area (Å²) in [7, 11) is 1.60. The number of aliphatic carboxylic acids is 1. The van der Waals surface area contributed by atoms with Gasteiger partial charge in [-0.2, -0.15) is 9.49 Å². The molecule has 0 radical (unpaired) electrons. The molecule has 1 aliphatic rings. The van der Waals surface area contributed by atoms with E-state index in [2.05, 4.69) is 22.3 Å². The molecule has 2 N–H and O–H groups in total. The molecule has 0 unspecified atom stereocenters. The van der Waals surface area contributed by atoms with Crippen LogP contribution in [-0.2, 0) is 4.79 Å². The van der Waals surface area contributed by atoms with E-state index in [4.69, 9.17) is 9.84 Å². The van der Waals surface area contributed by atoms with Crippen molar-refractivity contribution in [1.82, 2.24) is 10.2 Å². The minimum atomic E-state index is -1.01. The lowest BCUT2D eigenvalue weighted by atomic mass is 9.73. The maximum atomic E-state index is 14.5. The van der Waals surface area contributed by atoms with Crippen LogP contribution in [0.1, 0.15) is 41.5 Å². The summed E-state index contributed by atoms with van der Waals surface area (Å²) in [6.45, 7) is 0. The van der Waals surface area contributed by atoms with Gasteiger partial charge in [0.05, 0.1) is 18.0 Å². The van der Waals surface area contributed by atoms with Crippen LogP contribution < -0.4 is 4.74 Å². The van der Waals surface area contributed by atoms with Crippen molar-refractivity contribution in [3.63, 3.8) is 0 Å². The van der Waals surface area contributed by atoms with Gasteiger partial charge in [-0.05, 0) is 70.9 Å². The first-order chi connectivity index (χ1) is 17.0. The van der Waals surface area contributed by atoms with Gasteiger partial charge in [-0.3, -0.25) is 5.10 Å². The standard InChI is InChI=1S/C29H25FN2O3/c1-35-25-16-18(11-15-26(33)34)10-13-22(25)28(21-12-14-24-23(17-21)29(30)32-31-24)27(20-8-5-9-20)19-6-3-2-4-7-19/h2-4,6-7,10-17,20H,5,8-9H2,1H3,(H,31,32)(H,33,34)/b15-11+,28-27+. The molecule has 35 heavy (non-hydrogen) atoms. The number of nitrogens with zero attached hydrogens (tertiary/aromatic N) is 1. The van der Waals surface area contributed by atoms with Gasteiger partial charge in [-0.25, -0.2) is 4.79 Å². The number of carbonyl (C=O) groups is 1. The quantitative estimate of drug-likeness (QED) is 0.238. The molecule has 0 amide bonds. The third-order valence-corrected chi connectivity index (χ3v) is 6.58. The molecule has 0 saturated heterocycles. The molecule has 1 saturated carbocycles. The monoisotopic (exact) mass is 468 g/mol. The first kappa shape index (κ1) is 22.6. The summed E-state index contributed by atoms with van der Waals surface area (Å²) in [4.78, 5) is 11.0. The number of H-pyrrole nitrogens is 1. The van der Waals surface area contributed by atoms with Crippen LogP contribution in [-0.4, -0.2) is 28.4 Å². The Balaban J connectivity index is 1.79. The molecule has 1 fully saturated rings. The zero-order valence-electron chi connectivity index (χ0n) is 19.3. The van der Waals surface area contributed by atoms with Crippen LogP contribution in [0, 0.1) is 11.9 Å². The second-order valence-electron chi connectivity index (χ2n) is 8.68. The van der Waals surface area contributed by atoms with E-state index in [-0.39, 0.29) is 0 Å². The highest BCUT2D eigenvalue weighted by Crippen LogP contribution is 2.47. The number of hydrogen-bond acceptors (Lipinski definition) is 3. The number of benzene rings is 3. The molecule has 0 atom stereocenters. The maximum Gasteiger partial charge on any atom is 0.328 e. The minimum Gasteiger partial charge on any atom is -0.496 e. The van der Waals surface area contributed by atoms with Crippen LogP contribution in [0.2, 0.25) is 0 Å². The number of hydrogen-bond donors (Lipinski definition) is 2. The summed E-state index contributed by atoms with van der Waals surface area (Å²) in [5, 5.41) is 15.9. The third-order valence-electron chi connectivity index (χ3n) is 6.58. The molecule has 0 spiro atoms. The van der Waals surface area contributed by atoms with Crippen molar-refractivity contribution in [3.8, 4) is 5.75 Å². The number of nitrogens with one attached hydrogen (secondary N) is 1. The van der Waals surface area contributed by atoms with Crippen LogP contribution in [0.15, 0.2) is 72.8 Å². The van der Waals surface area contributed by atoms with E-state index in [0.29, 0.717) is 28.1 Å². The number of rotatable bonds is 7. The summed E-state index contributed by atoms with van der Waals surface area (Å²) < 4.78 is 20.3. The van der Waals surface area contributed by atoms with Crippen LogP contribution in [0.5, 0.6) is 5.75 Å². The molecule has 0 aliphatic heterocycles. The van der Waals surface area contributed by atoms with E-state index in [1.807, 2.05) is 54.6 Å². The van der Waals surface area contributed by atoms with E-state index < -0.39 is 11.9 Å². The fraction of sp³-hybridized carbons (Fsp3) is 0.172. The zero-order chi connectivity index (χ0) is 24.4. The van der Waals surface area contributed by atoms with E-state index in [1.54, 1.807) is 7.11 Å². The minimum absolute atomic E-state index is 0.369. The van der Waals surface area contributed by atoms with Gasteiger partial charge < -0.3 is 9.84 Å². The smallest absolute Gasteiger partial charge is 0.328 e. The number of carboxylic acids is 1. The number of fused-ring (bicyclic) bond motifs is 1. The summed E-state index contributed by atoms with van der Waals surface area (Å²) >= 11 is 0. The predicted molar refractivity (Wildman–Crippen MR) is 135 cm³/mol. The van der Waals surface area contributed by atoms with Crippen molar-refractivity contribution in [2.75, 3.05) is 7.11 Å². The van der Waals surface area contributed by atoms with Gasteiger partial charge in [-0.1, -0.05) is 55.0 Å². The van der Waals surface area contributed by atoms with E-state index in [0.717, 1.165) is 41.2 Å². The van der Waals surface area contributed by atoms with Crippen LogP contribution >= 0.6 is 0 Å². The third kappa shape index (κ3) is 4.47. The van der Waals surface area contributed by atoms with E-state index in [1.165, 1.54) is 18.1 Å². The molecule has 1 aromatic heterocycles. The van der Waals surface area contributed by atoms with E-state index in [9.17, 15) is 9.18 Å². The Morgan fingerprint density at radius 1 is 1.09 bits per heavy atom. The van der Waals surface area contributed by atoms with Gasteiger partial charge in [0.2, 0.25) is 5.95 Å². The molecule has 3 aromatic carbocycles. The zero-order valence-corrected chi connectivity index (χ0v) is 19.3. The van der Waals surface area contributed by atoms with Crippen LogP contribution in [0.25, 0.3) is 28.1 Å². The van der Waals surface area contributed by atoms with E-state index >= 15 is 0 Å². The summed E-state index contributed by atoms with van der Waals surface area (Å²) in [6.07, 6.45) is 5.97. The lowest BCUT2D eigenvalue weighted by Gasteiger charge is -2.32. The number of allylic oxidation sites excluding steroid dienone is 1. The Morgan fingerprint density at radius 2 is 1.89 bits per heavy atom.